The molecule has 8 heteroatoms. The Morgan fingerprint density at radius 3 is 1.50 bits per heavy atom. The Morgan fingerprint density at radius 1 is 0.769 bits per heavy atom. The van der Waals surface area contributed by atoms with Crippen LogP contribution < -0.4 is 21.3 Å². The Balaban J connectivity index is 1.68. The molecule has 0 amide bonds. The summed E-state index contributed by atoms with van der Waals surface area (Å²) in [6.45, 7) is 5.13. The van der Waals surface area contributed by atoms with Gasteiger partial charge in [0.15, 0.2) is 10.2 Å². The van der Waals surface area contributed by atoms with E-state index in [4.69, 9.17) is 47.6 Å². The van der Waals surface area contributed by atoms with Crippen LogP contribution in [0.5, 0.6) is 0 Å². The van der Waals surface area contributed by atoms with Crippen molar-refractivity contribution in [3.8, 4) is 0 Å². The number of halogens is 2. The van der Waals surface area contributed by atoms with E-state index in [1.165, 1.54) is 0 Å². The van der Waals surface area contributed by atoms with Gasteiger partial charge in [-0.15, -0.1) is 0 Å². The van der Waals surface area contributed by atoms with Gasteiger partial charge in [-0.3, -0.25) is 0 Å². The van der Waals surface area contributed by atoms with Crippen molar-refractivity contribution in [3.63, 3.8) is 0 Å². The molecule has 0 heterocycles. The highest BCUT2D eigenvalue weighted by molar-refractivity contribution is 7.80. The van der Waals surface area contributed by atoms with Gasteiger partial charge in [0.25, 0.3) is 0 Å². The lowest BCUT2D eigenvalue weighted by Gasteiger charge is -2.14. The molecule has 0 aromatic heterocycles. The van der Waals surface area contributed by atoms with Gasteiger partial charge in [0.05, 0.1) is 0 Å². The van der Waals surface area contributed by atoms with E-state index in [1.807, 2.05) is 50.2 Å². The summed E-state index contributed by atoms with van der Waals surface area (Å²) >= 11 is 22.7. The first-order valence-electron chi connectivity index (χ1n) is 7.97. The van der Waals surface area contributed by atoms with Crippen molar-refractivity contribution in [3.05, 3.63) is 57.6 Å². The van der Waals surface area contributed by atoms with E-state index < -0.39 is 0 Å². The number of anilines is 2. The van der Waals surface area contributed by atoms with Crippen LogP contribution >= 0.6 is 47.6 Å². The monoisotopic (exact) mass is 426 g/mol. The van der Waals surface area contributed by atoms with E-state index in [0.717, 1.165) is 22.5 Å². The summed E-state index contributed by atoms with van der Waals surface area (Å²) in [5, 5.41) is 14.9. The Hall–Kier alpha value is -1.60. The number of nitrogens with one attached hydrogen (secondary N) is 4. The third-order valence-corrected chi connectivity index (χ3v) is 4.86. The van der Waals surface area contributed by atoms with E-state index in [1.54, 1.807) is 0 Å². The normalized spacial score (nSPS) is 10.2. The summed E-state index contributed by atoms with van der Waals surface area (Å²) in [5.41, 5.74) is 3.74. The summed E-state index contributed by atoms with van der Waals surface area (Å²) in [6, 6.07) is 11.4. The fraction of sp³-hybridized carbons (Fsp3) is 0.222. The van der Waals surface area contributed by atoms with Crippen molar-refractivity contribution in [2.45, 2.75) is 13.8 Å². The molecule has 0 atom stereocenters. The maximum Gasteiger partial charge on any atom is 0.170 e. The summed E-state index contributed by atoms with van der Waals surface area (Å²) in [4.78, 5) is 0. The fourth-order valence-electron chi connectivity index (χ4n) is 2.04. The van der Waals surface area contributed by atoms with Gasteiger partial charge in [-0.05, 0) is 73.7 Å². The number of hydrogen-bond acceptors (Lipinski definition) is 2. The minimum atomic E-state index is 0.524. The standard InChI is InChI=1S/C18H20Cl2N4S2/c1-11-3-5-13(9-15(11)19)23-17(25)21-7-8-22-18(26)24-14-6-4-12(2)16(20)10-14/h3-6,9-10H,7-8H2,1-2H3,(H2,21,23,25)(H2,22,24,26). The van der Waals surface area contributed by atoms with Crippen LogP contribution in [0.2, 0.25) is 10.0 Å². The second-order valence-corrected chi connectivity index (χ2v) is 7.32. The lowest BCUT2D eigenvalue weighted by Crippen LogP contribution is -2.38. The molecule has 0 aliphatic heterocycles. The minimum Gasteiger partial charge on any atom is -0.361 e. The first-order valence-corrected chi connectivity index (χ1v) is 9.54. The lowest BCUT2D eigenvalue weighted by atomic mass is 10.2. The fourth-order valence-corrected chi connectivity index (χ4v) is 2.84. The van der Waals surface area contributed by atoms with Crippen LogP contribution in [0.15, 0.2) is 36.4 Å². The van der Waals surface area contributed by atoms with Gasteiger partial charge < -0.3 is 21.3 Å². The van der Waals surface area contributed by atoms with E-state index in [0.29, 0.717) is 33.4 Å². The van der Waals surface area contributed by atoms with Gasteiger partial charge in [0.2, 0.25) is 0 Å². The third-order valence-electron chi connectivity index (χ3n) is 3.56. The molecule has 0 spiro atoms. The molecule has 0 aliphatic rings. The van der Waals surface area contributed by atoms with Gasteiger partial charge in [-0.1, -0.05) is 35.3 Å². The van der Waals surface area contributed by atoms with E-state index in [9.17, 15) is 0 Å². The first kappa shape index (κ1) is 20.7. The van der Waals surface area contributed by atoms with Gasteiger partial charge in [-0.25, -0.2) is 0 Å². The molecule has 0 saturated heterocycles. The Morgan fingerprint density at radius 2 is 1.15 bits per heavy atom. The Bertz CT molecular complexity index is 744. The van der Waals surface area contributed by atoms with Gasteiger partial charge in [-0.2, -0.15) is 0 Å². The smallest absolute Gasteiger partial charge is 0.170 e. The molecular formula is C18H20Cl2N4S2. The average molecular weight is 427 g/mol. The molecule has 2 aromatic rings. The molecule has 2 rings (SSSR count). The molecule has 0 aliphatic carbocycles. The molecule has 2 aromatic carbocycles. The van der Waals surface area contributed by atoms with Crippen LogP contribution in [0.3, 0.4) is 0 Å². The topological polar surface area (TPSA) is 48.1 Å². The molecular weight excluding hydrogens is 407 g/mol. The largest absolute Gasteiger partial charge is 0.361 e. The molecule has 138 valence electrons. The molecule has 4 nitrogen and oxygen atoms in total. The number of rotatable bonds is 5. The quantitative estimate of drug-likeness (QED) is 0.403. The van der Waals surface area contributed by atoms with Crippen LogP contribution in [0, 0.1) is 13.8 Å². The Kier molecular flexibility index (Phi) is 7.90. The van der Waals surface area contributed by atoms with Crippen LogP contribution in [0.4, 0.5) is 11.4 Å². The number of thiocarbonyl (C=S) groups is 2. The minimum absolute atomic E-state index is 0.524. The molecule has 0 radical (unpaired) electrons. The molecule has 0 bridgehead atoms. The van der Waals surface area contributed by atoms with Crippen LogP contribution in [0.25, 0.3) is 0 Å². The zero-order valence-corrected chi connectivity index (χ0v) is 17.6. The number of hydrogen-bond donors (Lipinski definition) is 4. The van der Waals surface area contributed by atoms with Gasteiger partial charge in [0, 0.05) is 34.5 Å². The second-order valence-electron chi connectivity index (χ2n) is 5.69. The maximum atomic E-state index is 6.10. The van der Waals surface area contributed by atoms with E-state index in [2.05, 4.69) is 21.3 Å². The summed E-state index contributed by atoms with van der Waals surface area (Å²) in [7, 11) is 0. The second kappa shape index (κ2) is 9.92. The molecule has 0 saturated carbocycles. The summed E-state index contributed by atoms with van der Waals surface area (Å²) < 4.78 is 0. The first-order chi connectivity index (χ1) is 12.3. The van der Waals surface area contributed by atoms with Crippen LogP contribution in [-0.4, -0.2) is 23.3 Å². The highest BCUT2D eigenvalue weighted by atomic mass is 35.5. The SMILES string of the molecule is Cc1ccc(NC(=S)NCCNC(=S)Nc2ccc(C)c(Cl)c2)cc1Cl. The van der Waals surface area contributed by atoms with Gasteiger partial charge in [0.1, 0.15) is 0 Å². The van der Waals surface area contributed by atoms with Crippen molar-refractivity contribution < 1.29 is 0 Å². The highest BCUT2D eigenvalue weighted by Gasteiger charge is 2.02. The van der Waals surface area contributed by atoms with E-state index in [-0.39, 0.29) is 0 Å². The molecule has 0 unspecified atom stereocenters. The molecule has 26 heavy (non-hydrogen) atoms. The highest BCUT2D eigenvalue weighted by Crippen LogP contribution is 2.20. The Labute approximate surface area is 174 Å². The van der Waals surface area contributed by atoms with Crippen molar-refractivity contribution in [2.24, 2.45) is 0 Å². The molecule has 0 fully saturated rings. The van der Waals surface area contributed by atoms with Crippen LogP contribution in [-0.2, 0) is 0 Å². The zero-order chi connectivity index (χ0) is 19.1. The zero-order valence-electron chi connectivity index (χ0n) is 14.5. The predicted molar refractivity (Wildman–Crippen MR) is 121 cm³/mol. The van der Waals surface area contributed by atoms with Crippen molar-refractivity contribution in [1.29, 1.82) is 0 Å². The van der Waals surface area contributed by atoms with E-state index >= 15 is 0 Å². The average Bonchev–Trinajstić information content (AvgIpc) is 2.58. The van der Waals surface area contributed by atoms with Crippen LogP contribution in [0.1, 0.15) is 11.1 Å². The number of benzene rings is 2. The van der Waals surface area contributed by atoms with Gasteiger partial charge >= 0.3 is 0 Å². The van der Waals surface area contributed by atoms with Crippen molar-refractivity contribution in [2.75, 3.05) is 23.7 Å². The predicted octanol–water partition coefficient (Wildman–Crippen LogP) is 4.88. The third kappa shape index (κ3) is 6.61. The lowest BCUT2D eigenvalue weighted by molar-refractivity contribution is 0.821. The number of aryl methyl sites for hydroxylation is 2. The maximum absolute atomic E-state index is 6.10. The van der Waals surface area contributed by atoms with Crippen molar-refractivity contribution >= 4 is 69.2 Å². The van der Waals surface area contributed by atoms with Crippen molar-refractivity contribution in [1.82, 2.24) is 10.6 Å². The molecule has 4 N–H and O–H groups in total. The summed E-state index contributed by atoms with van der Waals surface area (Å²) in [5.74, 6) is 0. The summed E-state index contributed by atoms with van der Waals surface area (Å²) in [6.07, 6.45) is 0.